The third-order valence-corrected chi connectivity index (χ3v) is 4.95. The molecule has 0 unspecified atom stereocenters. The molecule has 4 heteroatoms. The van der Waals surface area contributed by atoms with Crippen LogP contribution in [-0.2, 0) is 9.59 Å². The van der Waals surface area contributed by atoms with Gasteiger partial charge in [0, 0.05) is 6.42 Å². The molecule has 0 spiro atoms. The molecule has 0 aromatic heterocycles. The molecule has 2 saturated carbocycles. The van der Waals surface area contributed by atoms with Crippen LogP contribution in [-0.4, -0.2) is 22.5 Å². The highest BCUT2D eigenvalue weighted by Gasteiger charge is 2.37. The average molecular weight is 281 g/mol. The van der Waals surface area contributed by atoms with Crippen molar-refractivity contribution in [2.45, 2.75) is 82.6 Å². The van der Waals surface area contributed by atoms with Crippen LogP contribution in [0, 0.1) is 5.92 Å². The van der Waals surface area contributed by atoms with E-state index in [2.05, 4.69) is 5.32 Å². The Bertz CT molecular complexity index is 342. The minimum absolute atomic E-state index is 0.0474. The van der Waals surface area contributed by atoms with Crippen molar-refractivity contribution in [3.8, 4) is 0 Å². The van der Waals surface area contributed by atoms with Crippen LogP contribution in [0.25, 0.3) is 0 Å². The Morgan fingerprint density at radius 2 is 1.75 bits per heavy atom. The second-order valence-corrected chi connectivity index (χ2v) is 6.65. The van der Waals surface area contributed by atoms with Crippen LogP contribution in [0.1, 0.15) is 77.0 Å². The van der Waals surface area contributed by atoms with E-state index in [0.717, 1.165) is 44.4 Å². The molecule has 2 aliphatic rings. The number of carbonyl (C=O) groups is 2. The van der Waals surface area contributed by atoms with Gasteiger partial charge in [-0.1, -0.05) is 38.5 Å². The molecule has 4 nitrogen and oxygen atoms in total. The summed E-state index contributed by atoms with van der Waals surface area (Å²) in [4.78, 5) is 23.0. The number of carboxylic acid groups (broad SMARTS) is 1. The molecular weight excluding hydrogens is 254 g/mol. The number of hydrogen-bond donors (Lipinski definition) is 2. The summed E-state index contributed by atoms with van der Waals surface area (Å²) in [6.45, 7) is 0. The number of amides is 1. The van der Waals surface area contributed by atoms with Crippen molar-refractivity contribution in [3.63, 3.8) is 0 Å². The zero-order valence-electron chi connectivity index (χ0n) is 12.3. The van der Waals surface area contributed by atoms with E-state index in [-0.39, 0.29) is 12.3 Å². The van der Waals surface area contributed by atoms with Gasteiger partial charge in [0.25, 0.3) is 0 Å². The first-order valence-electron chi connectivity index (χ1n) is 8.12. The molecule has 2 N–H and O–H groups in total. The predicted octanol–water partition coefficient (Wildman–Crippen LogP) is 3.25. The molecular formula is C16H27NO3. The van der Waals surface area contributed by atoms with Gasteiger partial charge in [-0.2, -0.15) is 0 Å². The molecule has 0 saturated heterocycles. The van der Waals surface area contributed by atoms with Gasteiger partial charge in [-0.15, -0.1) is 0 Å². The summed E-state index contributed by atoms with van der Waals surface area (Å²) < 4.78 is 0. The van der Waals surface area contributed by atoms with Crippen molar-refractivity contribution >= 4 is 11.9 Å². The molecule has 20 heavy (non-hydrogen) atoms. The summed E-state index contributed by atoms with van der Waals surface area (Å²) in [6, 6.07) is 0. The highest BCUT2D eigenvalue weighted by molar-refractivity contribution is 5.78. The molecule has 2 rings (SSSR count). The lowest BCUT2D eigenvalue weighted by Crippen LogP contribution is -2.47. The van der Waals surface area contributed by atoms with Gasteiger partial charge >= 0.3 is 5.97 Å². The Hall–Kier alpha value is -1.06. The minimum Gasteiger partial charge on any atom is -0.481 e. The van der Waals surface area contributed by atoms with E-state index in [1.807, 2.05) is 0 Å². The van der Waals surface area contributed by atoms with E-state index in [9.17, 15) is 9.59 Å². The largest absolute Gasteiger partial charge is 0.481 e. The molecule has 114 valence electrons. The summed E-state index contributed by atoms with van der Waals surface area (Å²) in [5.74, 6) is 0.0616. The summed E-state index contributed by atoms with van der Waals surface area (Å²) in [5, 5.41) is 12.0. The van der Waals surface area contributed by atoms with Gasteiger partial charge in [-0.25, -0.2) is 0 Å². The lowest BCUT2D eigenvalue weighted by Gasteiger charge is -2.28. The van der Waals surface area contributed by atoms with Gasteiger partial charge in [-0.3, -0.25) is 9.59 Å². The first-order chi connectivity index (χ1) is 9.60. The number of aliphatic carboxylic acids is 1. The van der Waals surface area contributed by atoms with Crippen LogP contribution in [0.2, 0.25) is 0 Å². The second-order valence-electron chi connectivity index (χ2n) is 6.65. The monoisotopic (exact) mass is 281 g/mol. The topological polar surface area (TPSA) is 66.4 Å². The van der Waals surface area contributed by atoms with Gasteiger partial charge in [0.1, 0.15) is 0 Å². The summed E-state index contributed by atoms with van der Waals surface area (Å²) in [7, 11) is 0. The fourth-order valence-corrected chi connectivity index (χ4v) is 3.90. The summed E-state index contributed by atoms with van der Waals surface area (Å²) >= 11 is 0. The van der Waals surface area contributed by atoms with Gasteiger partial charge in [0.15, 0.2) is 0 Å². The molecule has 1 amide bonds. The molecule has 0 aromatic carbocycles. The van der Waals surface area contributed by atoms with E-state index in [0.29, 0.717) is 6.42 Å². The van der Waals surface area contributed by atoms with Gasteiger partial charge in [0.2, 0.25) is 5.91 Å². The smallest absolute Gasteiger partial charge is 0.305 e. The Labute approximate surface area is 121 Å². The molecule has 0 radical (unpaired) electrons. The van der Waals surface area contributed by atoms with Crippen molar-refractivity contribution < 1.29 is 14.7 Å². The molecule has 2 fully saturated rings. The number of carbonyl (C=O) groups excluding carboxylic acids is 1. The molecule has 2 aliphatic carbocycles. The zero-order valence-corrected chi connectivity index (χ0v) is 12.3. The maximum atomic E-state index is 12.1. The predicted molar refractivity (Wildman–Crippen MR) is 77.4 cm³/mol. The first kappa shape index (κ1) is 15.3. The lowest BCUT2D eigenvalue weighted by molar-refractivity contribution is -0.139. The third kappa shape index (κ3) is 4.50. The molecule has 0 atom stereocenters. The standard InChI is InChI=1S/C16H27NO3/c18-14(9-5-8-13-6-1-2-7-13)17-16(12-15(19)20)10-3-4-11-16/h13H,1-12H2,(H,17,18)(H,19,20). The molecule has 0 bridgehead atoms. The van der Waals surface area contributed by atoms with E-state index in [4.69, 9.17) is 5.11 Å². The van der Waals surface area contributed by atoms with Crippen LogP contribution in [0.4, 0.5) is 0 Å². The third-order valence-electron chi connectivity index (χ3n) is 4.95. The average Bonchev–Trinajstić information content (AvgIpc) is 3.00. The number of rotatable bonds is 7. The van der Waals surface area contributed by atoms with Crippen molar-refractivity contribution in [3.05, 3.63) is 0 Å². The first-order valence-corrected chi connectivity index (χ1v) is 8.12. The zero-order chi connectivity index (χ0) is 14.4. The highest BCUT2D eigenvalue weighted by Crippen LogP contribution is 2.33. The number of nitrogens with one attached hydrogen (secondary N) is 1. The van der Waals surface area contributed by atoms with Crippen LogP contribution < -0.4 is 5.32 Å². The Kier molecular flexibility index (Phi) is 5.44. The Morgan fingerprint density at radius 1 is 1.10 bits per heavy atom. The van der Waals surface area contributed by atoms with E-state index in [1.165, 1.54) is 25.7 Å². The van der Waals surface area contributed by atoms with Crippen molar-refractivity contribution in [1.29, 1.82) is 0 Å². The van der Waals surface area contributed by atoms with Crippen molar-refractivity contribution in [2.24, 2.45) is 5.92 Å². The minimum atomic E-state index is -0.807. The van der Waals surface area contributed by atoms with Crippen LogP contribution >= 0.6 is 0 Å². The van der Waals surface area contributed by atoms with Gasteiger partial charge in [-0.05, 0) is 31.6 Å². The quantitative estimate of drug-likeness (QED) is 0.752. The second kappa shape index (κ2) is 7.09. The molecule has 0 aliphatic heterocycles. The highest BCUT2D eigenvalue weighted by atomic mass is 16.4. The van der Waals surface area contributed by atoms with E-state index >= 15 is 0 Å². The van der Waals surface area contributed by atoms with Crippen LogP contribution in [0.15, 0.2) is 0 Å². The van der Waals surface area contributed by atoms with Crippen LogP contribution in [0.5, 0.6) is 0 Å². The SMILES string of the molecule is O=C(O)CC1(NC(=O)CCCC2CCCC2)CCCC1. The fourth-order valence-electron chi connectivity index (χ4n) is 3.90. The molecule has 0 heterocycles. The van der Waals surface area contributed by atoms with Gasteiger partial charge < -0.3 is 10.4 Å². The van der Waals surface area contributed by atoms with Crippen LogP contribution in [0.3, 0.4) is 0 Å². The number of hydrogen-bond acceptors (Lipinski definition) is 2. The molecule has 0 aromatic rings. The fraction of sp³-hybridized carbons (Fsp3) is 0.875. The summed E-state index contributed by atoms with van der Waals surface area (Å²) in [6.07, 6.45) is 11.7. The van der Waals surface area contributed by atoms with Gasteiger partial charge in [0.05, 0.1) is 12.0 Å². The Morgan fingerprint density at radius 3 is 2.35 bits per heavy atom. The summed E-state index contributed by atoms with van der Waals surface area (Å²) in [5.41, 5.74) is -0.462. The van der Waals surface area contributed by atoms with Crippen molar-refractivity contribution in [2.75, 3.05) is 0 Å². The normalized spacial score (nSPS) is 22.0. The van der Waals surface area contributed by atoms with E-state index in [1.54, 1.807) is 0 Å². The van der Waals surface area contributed by atoms with Crippen molar-refractivity contribution in [1.82, 2.24) is 5.32 Å². The van der Waals surface area contributed by atoms with E-state index < -0.39 is 11.5 Å². The maximum Gasteiger partial charge on any atom is 0.305 e. The lowest BCUT2D eigenvalue weighted by atomic mass is 9.92. The Balaban J connectivity index is 1.72. The maximum absolute atomic E-state index is 12.1. The number of carboxylic acids is 1.